The van der Waals surface area contributed by atoms with Crippen molar-refractivity contribution in [3.05, 3.63) is 22.1 Å². The molecule has 1 heterocycles. The molecule has 0 aliphatic heterocycles. The van der Waals surface area contributed by atoms with Crippen molar-refractivity contribution >= 4 is 42.5 Å². The molecule has 0 saturated carbocycles. The van der Waals surface area contributed by atoms with Crippen LogP contribution in [0.25, 0.3) is 3.58 Å². The molecule has 66 valence electrons. The van der Waals surface area contributed by atoms with E-state index in [1.807, 2.05) is 0 Å². The SMILES string of the molecule is N#Cc1c(N)sc2c1C(I)=CCC2. The topological polar surface area (TPSA) is 49.8 Å². The average molecular weight is 302 g/mol. The maximum absolute atomic E-state index is 8.93. The Bertz CT molecular complexity index is 426. The van der Waals surface area contributed by atoms with Crippen LogP contribution in [0.15, 0.2) is 6.08 Å². The number of nitrogen functional groups attached to an aromatic ring is 1. The molecule has 0 radical (unpaired) electrons. The molecule has 4 heteroatoms. The largest absolute Gasteiger partial charge is 0.389 e. The van der Waals surface area contributed by atoms with Crippen LogP contribution >= 0.6 is 33.9 Å². The summed E-state index contributed by atoms with van der Waals surface area (Å²) in [5.74, 6) is 0. The number of thiophene rings is 1. The van der Waals surface area contributed by atoms with Gasteiger partial charge in [0.25, 0.3) is 0 Å². The van der Waals surface area contributed by atoms with Crippen LogP contribution in [-0.4, -0.2) is 0 Å². The molecular formula is C9H7IN2S. The quantitative estimate of drug-likeness (QED) is 0.749. The first-order chi connectivity index (χ1) is 6.24. The second-order valence-corrected chi connectivity index (χ2v) is 5.14. The molecule has 2 rings (SSSR count). The van der Waals surface area contributed by atoms with Crippen molar-refractivity contribution in [3.63, 3.8) is 0 Å². The van der Waals surface area contributed by atoms with Crippen molar-refractivity contribution in [1.29, 1.82) is 5.26 Å². The van der Waals surface area contributed by atoms with E-state index in [1.54, 1.807) is 11.3 Å². The number of nitrogens with zero attached hydrogens (tertiary/aromatic N) is 1. The first-order valence-corrected chi connectivity index (χ1v) is 5.81. The maximum Gasteiger partial charge on any atom is 0.105 e. The molecule has 0 unspecified atom stereocenters. The lowest BCUT2D eigenvalue weighted by molar-refractivity contribution is 1.01. The Labute approximate surface area is 94.2 Å². The Balaban J connectivity index is 2.70. The number of hydrogen-bond donors (Lipinski definition) is 1. The van der Waals surface area contributed by atoms with Gasteiger partial charge in [0.1, 0.15) is 11.1 Å². The Kier molecular flexibility index (Phi) is 2.30. The van der Waals surface area contributed by atoms with E-state index in [0.717, 1.165) is 18.4 Å². The fourth-order valence-electron chi connectivity index (χ4n) is 1.47. The molecule has 2 nitrogen and oxygen atoms in total. The zero-order chi connectivity index (χ0) is 9.42. The van der Waals surface area contributed by atoms with Crippen molar-refractivity contribution in [2.24, 2.45) is 0 Å². The Morgan fingerprint density at radius 2 is 2.38 bits per heavy atom. The lowest BCUT2D eigenvalue weighted by Crippen LogP contribution is -1.93. The summed E-state index contributed by atoms with van der Waals surface area (Å²) in [6, 6.07) is 2.17. The highest BCUT2D eigenvalue weighted by molar-refractivity contribution is 14.1. The predicted molar refractivity (Wildman–Crippen MR) is 63.8 cm³/mol. The van der Waals surface area contributed by atoms with Gasteiger partial charge >= 0.3 is 0 Å². The van der Waals surface area contributed by atoms with Gasteiger partial charge in [-0.2, -0.15) is 5.26 Å². The molecule has 0 atom stereocenters. The van der Waals surface area contributed by atoms with Gasteiger partial charge in [0.05, 0.1) is 5.56 Å². The van der Waals surface area contributed by atoms with Crippen LogP contribution < -0.4 is 5.73 Å². The summed E-state index contributed by atoms with van der Waals surface area (Å²) in [4.78, 5) is 1.26. The zero-order valence-electron chi connectivity index (χ0n) is 6.80. The molecule has 0 bridgehead atoms. The van der Waals surface area contributed by atoms with E-state index in [-0.39, 0.29) is 0 Å². The number of aryl methyl sites for hydroxylation is 1. The van der Waals surface area contributed by atoms with Crippen molar-refractivity contribution in [1.82, 2.24) is 0 Å². The van der Waals surface area contributed by atoms with E-state index >= 15 is 0 Å². The highest BCUT2D eigenvalue weighted by Gasteiger charge is 2.20. The van der Waals surface area contributed by atoms with Crippen LogP contribution in [0.2, 0.25) is 0 Å². The summed E-state index contributed by atoms with van der Waals surface area (Å²) in [6.07, 6.45) is 4.25. The third-order valence-electron chi connectivity index (χ3n) is 2.05. The summed E-state index contributed by atoms with van der Waals surface area (Å²) in [7, 11) is 0. The summed E-state index contributed by atoms with van der Waals surface area (Å²) in [5.41, 5.74) is 7.51. The molecule has 0 fully saturated rings. The van der Waals surface area contributed by atoms with E-state index in [0.29, 0.717) is 10.6 Å². The molecule has 1 aliphatic carbocycles. The van der Waals surface area contributed by atoms with Gasteiger partial charge < -0.3 is 5.73 Å². The molecule has 0 saturated heterocycles. The van der Waals surface area contributed by atoms with Gasteiger partial charge in [-0.25, -0.2) is 0 Å². The number of hydrogen-bond acceptors (Lipinski definition) is 3. The van der Waals surface area contributed by atoms with Gasteiger partial charge in [-0.1, -0.05) is 6.08 Å². The first kappa shape index (κ1) is 9.03. The summed E-state index contributed by atoms with van der Waals surface area (Å²) in [5, 5.41) is 9.59. The number of allylic oxidation sites excluding steroid dienone is 1. The Morgan fingerprint density at radius 3 is 3.08 bits per heavy atom. The minimum absolute atomic E-state index is 0.664. The van der Waals surface area contributed by atoms with E-state index in [9.17, 15) is 0 Å². The number of fused-ring (bicyclic) bond motifs is 1. The monoisotopic (exact) mass is 302 g/mol. The van der Waals surface area contributed by atoms with Crippen LogP contribution in [-0.2, 0) is 6.42 Å². The van der Waals surface area contributed by atoms with Crippen LogP contribution in [0.5, 0.6) is 0 Å². The average Bonchev–Trinajstić information content (AvgIpc) is 2.42. The fourth-order valence-corrected chi connectivity index (χ4v) is 3.61. The highest BCUT2D eigenvalue weighted by Crippen LogP contribution is 2.41. The molecule has 0 spiro atoms. The molecule has 1 aliphatic rings. The fraction of sp³-hybridized carbons (Fsp3) is 0.222. The van der Waals surface area contributed by atoms with E-state index in [2.05, 4.69) is 34.7 Å². The van der Waals surface area contributed by atoms with E-state index < -0.39 is 0 Å². The van der Waals surface area contributed by atoms with Crippen molar-refractivity contribution < 1.29 is 0 Å². The van der Waals surface area contributed by atoms with Crippen LogP contribution in [0.4, 0.5) is 5.00 Å². The predicted octanol–water partition coefficient (Wildman–Crippen LogP) is 2.92. The number of nitriles is 1. The van der Waals surface area contributed by atoms with Crippen molar-refractivity contribution in [2.45, 2.75) is 12.8 Å². The van der Waals surface area contributed by atoms with E-state index in [1.165, 1.54) is 8.46 Å². The number of rotatable bonds is 0. The summed E-state index contributed by atoms with van der Waals surface area (Å²) in [6.45, 7) is 0. The minimum Gasteiger partial charge on any atom is -0.389 e. The first-order valence-electron chi connectivity index (χ1n) is 3.91. The smallest absolute Gasteiger partial charge is 0.105 e. The van der Waals surface area contributed by atoms with Crippen molar-refractivity contribution in [3.8, 4) is 6.07 Å². The third-order valence-corrected chi connectivity index (χ3v) is 4.11. The van der Waals surface area contributed by atoms with Crippen LogP contribution in [0.1, 0.15) is 22.4 Å². The van der Waals surface area contributed by atoms with Gasteiger partial charge in [0.2, 0.25) is 0 Å². The molecule has 0 amide bonds. The van der Waals surface area contributed by atoms with Gasteiger partial charge in [0.15, 0.2) is 0 Å². The number of halogens is 1. The van der Waals surface area contributed by atoms with Crippen molar-refractivity contribution in [2.75, 3.05) is 5.73 Å². The third kappa shape index (κ3) is 1.36. The standard InChI is InChI=1S/C9H7IN2S/c10-6-2-1-3-7-8(6)5(4-11)9(12)13-7/h2H,1,3,12H2. The Morgan fingerprint density at radius 1 is 1.62 bits per heavy atom. The van der Waals surface area contributed by atoms with Gasteiger partial charge in [0, 0.05) is 14.0 Å². The minimum atomic E-state index is 0.664. The summed E-state index contributed by atoms with van der Waals surface area (Å²) >= 11 is 3.83. The molecule has 1 aromatic rings. The maximum atomic E-state index is 8.93. The highest BCUT2D eigenvalue weighted by atomic mass is 127. The lowest BCUT2D eigenvalue weighted by Gasteiger charge is -2.07. The molecule has 13 heavy (non-hydrogen) atoms. The van der Waals surface area contributed by atoms with Gasteiger partial charge in [-0.15, -0.1) is 11.3 Å². The van der Waals surface area contributed by atoms with Crippen LogP contribution in [0.3, 0.4) is 0 Å². The van der Waals surface area contributed by atoms with Gasteiger partial charge in [-0.05, 0) is 35.4 Å². The second kappa shape index (κ2) is 3.31. The lowest BCUT2D eigenvalue weighted by atomic mass is 10.0. The number of anilines is 1. The molecule has 1 aromatic heterocycles. The zero-order valence-corrected chi connectivity index (χ0v) is 9.78. The second-order valence-electron chi connectivity index (χ2n) is 2.84. The molecular weight excluding hydrogens is 295 g/mol. The van der Waals surface area contributed by atoms with Gasteiger partial charge in [-0.3, -0.25) is 0 Å². The molecule has 2 N–H and O–H groups in total. The summed E-state index contributed by atoms with van der Waals surface area (Å²) < 4.78 is 1.17. The Hall–Kier alpha value is -0.540. The van der Waals surface area contributed by atoms with Crippen LogP contribution in [0, 0.1) is 11.3 Å². The van der Waals surface area contributed by atoms with E-state index in [4.69, 9.17) is 11.0 Å². The molecule has 0 aromatic carbocycles. The normalized spacial score (nSPS) is 14.6. The number of nitrogens with two attached hydrogens (primary N) is 1.